The average Bonchev–Trinajstić information content (AvgIpc) is 2.34. The summed E-state index contributed by atoms with van der Waals surface area (Å²) in [5.74, 6) is 0.723. The van der Waals surface area contributed by atoms with E-state index in [1.807, 2.05) is 31.2 Å². The number of benzene rings is 1. The Balaban J connectivity index is 2.58. The lowest BCUT2D eigenvalue weighted by molar-refractivity contribution is -0.116. The van der Waals surface area contributed by atoms with E-state index in [1.165, 1.54) is 6.08 Å². The van der Waals surface area contributed by atoms with Gasteiger partial charge >= 0.3 is 0 Å². The minimum absolute atomic E-state index is 0.0651. The zero-order valence-corrected chi connectivity index (χ0v) is 9.69. The van der Waals surface area contributed by atoms with Crippen LogP contribution in [0.2, 0.25) is 0 Å². The molecule has 16 heavy (non-hydrogen) atoms. The van der Waals surface area contributed by atoms with E-state index in [1.54, 1.807) is 13.2 Å². The Labute approximate surface area is 96.1 Å². The normalized spacial score (nSPS) is 10.4. The predicted molar refractivity (Wildman–Crippen MR) is 65.3 cm³/mol. The van der Waals surface area contributed by atoms with E-state index in [9.17, 15) is 4.79 Å². The lowest BCUT2D eigenvalue weighted by Gasteiger charge is -2.00. The van der Waals surface area contributed by atoms with Gasteiger partial charge in [-0.15, -0.1) is 0 Å². The van der Waals surface area contributed by atoms with Crippen LogP contribution in [0.4, 0.5) is 0 Å². The summed E-state index contributed by atoms with van der Waals surface area (Å²) in [6, 6.07) is 7.56. The van der Waals surface area contributed by atoms with Crippen molar-refractivity contribution in [2.75, 3.05) is 13.7 Å². The molecule has 3 nitrogen and oxygen atoms in total. The number of rotatable bonds is 5. The molecule has 0 radical (unpaired) electrons. The summed E-state index contributed by atoms with van der Waals surface area (Å²) >= 11 is 0. The molecule has 0 aromatic heterocycles. The molecule has 3 heteroatoms. The van der Waals surface area contributed by atoms with Crippen LogP contribution in [0.5, 0.6) is 5.75 Å². The Morgan fingerprint density at radius 1 is 1.50 bits per heavy atom. The van der Waals surface area contributed by atoms with Crippen LogP contribution < -0.4 is 10.1 Å². The number of methoxy groups -OCH3 is 1. The quantitative estimate of drug-likeness (QED) is 0.771. The lowest BCUT2D eigenvalue weighted by atomic mass is 10.2. The van der Waals surface area contributed by atoms with Gasteiger partial charge in [-0.3, -0.25) is 4.79 Å². The van der Waals surface area contributed by atoms with Crippen molar-refractivity contribution in [3.05, 3.63) is 35.9 Å². The molecule has 86 valence electrons. The van der Waals surface area contributed by atoms with E-state index >= 15 is 0 Å². The van der Waals surface area contributed by atoms with E-state index in [2.05, 4.69) is 5.32 Å². The van der Waals surface area contributed by atoms with Crippen molar-refractivity contribution in [2.24, 2.45) is 0 Å². The molecule has 1 rings (SSSR count). The van der Waals surface area contributed by atoms with Gasteiger partial charge in [-0.2, -0.15) is 0 Å². The highest BCUT2D eigenvalue weighted by Gasteiger charge is 1.94. The van der Waals surface area contributed by atoms with Crippen LogP contribution in [0.3, 0.4) is 0 Å². The van der Waals surface area contributed by atoms with E-state index in [0.717, 1.165) is 17.7 Å². The van der Waals surface area contributed by atoms with Crippen LogP contribution in [0, 0.1) is 0 Å². The fraction of sp³-hybridized carbons (Fsp3) is 0.308. The summed E-state index contributed by atoms with van der Waals surface area (Å²) in [5, 5.41) is 2.77. The smallest absolute Gasteiger partial charge is 0.243 e. The first-order chi connectivity index (χ1) is 7.76. The molecule has 0 atom stereocenters. The fourth-order valence-electron chi connectivity index (χ4n) is 1.22. The summed E-state index contributed by atoms with van der Waals surface area (Å²) in [5.41, 5.74) is 0.950. The Kier molecular flexibility index (Phi) is 5.12. The van der Waals surface area contributed by atoms with Gasteiger partial charge in [0.15, 0.2) is 0 Å². The number of nitrogens with one attached hydrogen (secondary N) is 1. The number of ether oxygens (including phenoxy) is 1. The summed E-state index contributed by atoms with van der Waals surface area (Å²) in [4.78, 5) is 11.3. The number of carbonyl (C=O) groups excluding carboxylic acids is 1. The largest absolute Gasteiger partial charge is 0.497 e. The van der Waals surface area contributed by atoms with Gasteiger partial charge in [0, 0.05) is 12.6 Å². The molecule has 1 aromatic carbocycles. The molecule has 0 heterocycles. The second kappa shape index (κ2) is 6.67. The molecule has 0 aliphatic rings. The van der Waals surface area contributed by atoms with Crippen molar-refractivity contribution >= 4 is 12.0 Å². The van der Waals surface area contributed by atoms with Crippen LogP contribution in [-0.4, -0.2) is 19.6 Å². The first kappa shape index (κ1) is 12.3. The molecule has 0 saturated carbocycles. The van der Waals surface area contributed by atoms with E-state index in [4.69, 9.17) is 4.74 Å². The van der Waals surface area contributed by atoms with E-state index in [0.29, 0.717) is 6.54 Å². The molecule has 1 aromatic rings. The molecule has 0 bridgehead atoms. The number of carbonyl (C=O) groups is 1. The maximum absolute atomic E-state index is 11.3. The number of hydrogen-bond donors (Lipinski definition) is 1. The summed E-state index contributed by atoms with van der Waals surface area (Å²) < 4.78 is 5.09. The summed E-state index contributed by atoms with van der Waals surface area (Å²) in [6.45, 7) is 2.73. The molecular formula is C13H17NO2. The first-order valence-corrected chi connectivity index (χ1v) is 5.36. The van der Waals surface area contributed by atoms with Crippen LogP contribution >= 0.6 is 0 Å². The maximum Gasteiger partial charge on any atom is 0.243 e. The molecule has 1 N–H and O–H groups in total. The zero-order valence-electron chi connectivity index (χ0n) is 9.69. The highest BCUT2D eigenvalue weighted by atomic mass is 16.5. The van der Waals surface area contributed by atoms with Crippen molar-refractivity contribution in [3.63, 3.8) is 0 Å². The van der Waals surface area contributed by atoms with Gasteiger partial charge in [-0.25, -0.2) is 0 Å². The molecular weight excluding hydrogens is 202 g/mol. The zero-order chi connectivity index (χ0) is 11.8. The third kappa shape index (κ3) is 4.17. The highest BCUT2D eigenvalue weighted by Crippen LogP contribution is 2.13. The first-order valence-electron chi connectivity index (χ1n) is 5.36. The van der Waals surface area contributed by atoms with Crippen molar-refractivity contribution < 1.29 is 9.53 Å². The summed E-state index contributed by atoms with van der Waals surface area (Å²) in [7, 11) is 1.62. The minimum Gasteiger partial charge on any atom is -0.497 e. The van der Waals surface area contributed by atoms with Gasteiger partial charge in [0.05, 0.1) is 7.11 Å². The number of hydrogen-bond acceptors (Lipinski definition) is 2. The number of amides is 1. The Morgan fingerprint density at radius 3 is 3.00 bits per heavy atom. The van der Waals surface area contributed by atoms with Gasteiger partial charge in [0.1, 0.15) is 5.75 Å². The molecule has 1 amide bonds. The Morgan fingerprint density at radius 2 is 2.31 bits per heavy atom. The minimum atomic E-state index is -0.0651. The van der Waals surface area contributed by atoms with Gasteiger partial charge in [-0.05, 0) is 30.2 Å². The second-order valence-corrected chi connectivity index (χ2v) is 3.40. The SMILES string of the molecule is CCCNC(=O)C=Cc1cccc(OC)c1. The van der Waals surface area contributed by atoms with Crippen LogP contribution in [0.1, 0.15) is 18.9 Å². The van der Waals surface area contributed by atoms with Crippen molar-refractivity contribution in [2.45, 2.75) is 13.3 Å². The predicted octanol–water partition coefficient (Wildman–Crippen LogP) is 2.23. The van der Waals surface area contributed by atoms with Gasteiger partial charge in [0.2, 0.25) is 5.91 Å². The van der Waals surface area contributed by atoms with Crippen LogP contribution in [0.25, 0.3) is 6.08 Å². The maximum atomic E-state index is 11.3. The molecule has 0 saturated heterocycles. The third-order valence-corrected chi connectivity index (χ3v) is 2.07. The van der Waals surface area contributed by atoms with Crippen LogP contribution in [-0.2, 0) is 4.79 Å². The van der Waals surface area contributed by atoms with E-state index in [-0.39, 0.29) is 5.91 Å². The van der Waals surface area contributed by atoms with Crippen molar-refractivity contribution in [3.8, 4) is 5.75 Å². The van der Waals surface area contributed by atoms with E-state index < -0.39 is 0 Å². The molecule has 0 aliphatic heterocycles. The van der Waals surface area contributed by atoms with Gasteiger partial charge in [0.25, 0.3) is 0 Å². The standard InChI is InChI=1S/C13H17NO2/c1-3-9-14-13(15)8-7-11-5-4-6-12(10-11)16-2/h4-8,10H,3,9H2,1-2H3,(H,14,15). The lowest BCUT2D eigenvalue weighted by Crippen LogP contribution is -2.21. The monoisotopic (exact) mass is 219 g/mol. The Hall–Kier alpha value is -1.77. The van der Waals surface area contributed by atoms with Crippen molar-refractivity contribution in [1.29, 1.82) is 0 Å². The molecule has 0 fully saturated rings. The molecule has 0 aliphatic carbocycles. The highest BCUT2D eigenvalue weighted by molar-refractivity contribution is 5.91. The van der Waals surface area contributed by atoms with Crippen LogP contribution in [0.15, 0.2) is 30.3 Å². The van der Waals surface area contributed by atoms with Crippen molar-refractivity contribution in [1.82, 2.24) is 5.32 Å². The van der Waals surface area contributed by atoms with Gasteiger partial charge in [-0.1, -0.05) is 19.1 Å². The fourth-order valence-corrected chi connectivity index (χ4v) is 1.22. The summed E-state index contributed by atoms with van der Waals surface area (Å²) in [6.07, 6.45) is 4.25. The topological polar surface area (TPSA) is 38.3 Å². The third-order valence-electron chi connectivity index (χ3n) is 2.07. The van der Waals surface area contributed by atoms with Gasteiger partial charge < -0.3 is 10.1 Å². The second-order valence-electron chi connectivity index (χ2n) is 3.40. The molecule has 0 spiro atoms. The average molecular weight is 219 g/mol. The molecule has 0 unspecified atom stereocenters. The Bertz CT molecular complexity index is 372.